The Labute approximate surface area is 130 Å². The number of carbonyl (C=O) groups excluding carboxylic acids is 1. The van der Waals surface area contributed by atoms with Crippen molar-refractivity contribution in [2.24, 2.45) is 0 Å². The van der Waals surface area contributed by atoms with E-state index in [0.29, 0.717) is 5.92 Å². The molecule has 112 valence electrons. The molecule has 2 rings (SSSR count). The fourth-order valence-electron chi connectivity index (χ4n) is 2.17. The molecule has 0 aliphatic carbocycles. The zero-order valence-corrected chi connectivity index (χ0v) is 13.7. The van der Waals surface area contributed by atoms with Crippen molar-refractivity contribution in [2.75, 3.05) is 6.61 Å². The molecule has 0 aliphatic rings. The van der Waals surface area contributed by atoms with Gasteiger partial charge in [0.2, 0.25) is 5.78 Å². The SMILES string of the molecule is CCc1ccc(C(=O)COc2ccccc2C(C)CC)s1. The first-order valence-corrected chi connectivity index (χ1v) is 8.31. The van der Waals surface area contributed by atoms with Gasteiger partial charge in [0, 0.05) is 4.88 Å². The Morgan fingerprint density at radius 3 is 2.62 bits per heavy atom. The van der Waals surface area contributed by atoms with Gasteiger partial charge in [-0.05, 0) is 42.5 Å². The maximum atomic E-state index is 12.2. The van der Waals surface area contributed by atoms with Crippen molar-refractivity contribution in [3.8, 4) is 5.75 Å². The van der Waals surface area contributed by atoms with Crippen molar-refractivity contribution in [2.45, 2.75) is 39.5 Å². The Hall–Kier alpha value is -1.61. The average Bonchev–Trinajstić information content (AvgIpc) is 3.01. The summed E-state index contributed by atoms with van der Waals surface area (Å²) in [6.45, 7) is 6.54. The van der Waals surface area contributed by atoms with E-state index >= 15 is 0 Å². The second-order valence-corrected chi connectivity index (χ2v) is 6.35. The molecular weight excluding hydrogens is 280 g/mol. The van der Waals surface area contributed by atoms with E-state index in [1.807, 2.05) is 30.3 Å². The highest BCUT2D eigenvalue weighted by molar-refractivity contribution is 7.14. The van der Waals surface area contributed by atoms with Crippen LogP contribution < -0.4 is 4.74 Å². The van der Waals surface area contributed by atoms with Crippen LogP contribution in [0.2, 0.25) is 0 Å². The van der Waals surface area contributed by atoms with Crippen LogP contribution in [0.3, 0.4) is 0 Å². The molecule has 0 spiro atoms. The molecule has 0 fully saturated rings. The molecule has 21 heavy (non-hydrogen) atoms. The highest BCUT2D eigenvalue weighted by Gasteiger charge is 2.13. The molecule has 2 aromatic rings. The third kappa shape index (κ3) is 3.94. The third-order valence-corrected chi connectivity index (χ3v) is 4.98. The number of Topliss-reactive ketones (excluding diaryl/α,β-unsaturated/α-hetero) is 1. The first-order valence-electron chi connectivity index (χ1n) is 7.49. The van der Waals surface area contributed by atoms with Crippen molar-refractivity contribution in [1.82, 2.24) is 0 Å². The van der Waals surface area contributed by atoms with Gasteiger partial charge in [-0.25, -0.2) is 0 Å². The van der Waals surface area contributed by atoms with Crippen molar-refractivity contribution in [3.05, 3.63) is 51.7 Å². The van der Waals surface area contributed by atoms with Gasteiger partial charge < -0.3 is 4.74 Å². The fraction of sp³-hybridized carbons (Fsp3) is 0.389. The molecule has 1 atom stereocenters. The minimum atomic E-state index is 0.0543. The average molecular weight is 302 g/mol. The largest absolute Gasteiger partial charge is 0.485 e. The van der Waals surface area contributed by atoms with Crippen LogP contribution in [0, 0.1) is 0 Å². The van der Waals surface area contributed by atoms with Crippen LogP contribution in [-0.2, 0) is 6.42 Å². The first-order chi connectivity index (χ1) is 10.2. The van der Waals surface area contributed by atoms with Crippen LogP contribution in [0.4, 0.5) is 0 Å². The summed E-state index contributed by atoms with van der Waals surface area (Å²) in [5.74, 6) is 1.32. The zero-order valence-electron chi connectivity index (χ0n) is 12.9. The number of carbonyl (C=O) groups is 1. The highest BCUT2D eigenvalue weighted by Crippen LogP contribution is 2.28. The number of para-hydroxylation sites is 1. The molecule has 2 nitrogen and oxygen atoms in total. The lowest BCUT2D eigenvalue weighted by molar-refractivity contribution is 0.0924. The summed E-state index contributed by atoms with van der Waals surface area (Å²) in [6.07, 6.45) is 2.02. The van der Waals surface area contributed by atoms with E-state index in [1.165, 1.54) is 10.4 Å². The summed E-state index contributed by atoms with van der Waals surface area (Å²) in [5.41, 5.74) is 1.17. The zero-order chi connectivity index (χ0) is 15.2. The molecule has 1 aromatic heterocycles. The van der Waals surface area contributed by atoms with E-state index in [0.717, 1.165) is 23.5 Å². The number of ketones is 1. The van der Waals surface area contributed by atoms with Gasteiger partial charge in [0.25, 0.3) is 0 Å². The summed E-state index contributed by atoms with van der Waals surface area (Å²) >= 11 is 1.56. The Kier molecular flexibility index (Phi) is 5.57. The van der Waals surface area contributed by atoms with Crippen LogP contribution in [0.5, 0.6) is 5.75 Å². The molecular formula is C18H22O2S. The molecule has 1 heterocycles. The van der Waals surface area contributed by atoms with Crippen LogP contribution in [-0.4, -0.2) is 12.4 Å². The number of hydrogen-bond acceptors (Lipinski definition) is 3. The number of rotatable bonds is 7. The fourth-order valence-corrected chi connectivity index (χ4v) is 3.04. The topological polar surface area (TPSA) is 26.3 Å². The molecule has 1 aromatic carbocycles. The summed E-state index contributed by atoms with van der Waals surface area (Å²) in [5, 5.41) is 0. The Morgan fingerprint density at radius 2 is 1.95 bits per heavy atom. The molecule has 0 radical (unpaired) electrons. The van der Waals surface area contributed by atoms with E-state index in [9.17, 15) is 4.79 Å². The van der Waals surface area contributed by atoms with E-state index in [4.69, 9.17) is 4.74 Å². The molecule has 0 aliphatic heterocycles. The lowest BCUT2D eigenvalue weighted by Gasteiger charge is -2.15. The molecule has 0 amide bonds. The second kappa shape index (κ2) is 7.41. The molecule has 0 bridgehead atoms. The lowest BCUT2D eigenvalue weighted by atomic mass is 9.98. The summed E-state index contributed by atoms with van der Waals surface area (Å²) in [7, 11) is 0. The van der Waals surface area contributed by atoms with Gasteiger partial charge in [-0.2, -0.15) is 0 Å². The Balaban J connectivity index is 2.04. The number of benzene rings is 1. The summed E-state index contributed by atoms with van der Waals surface area (Å²) in [4.78, 5) is 14.2. The van der Waals surface area contributed by atoms with Gasteiger partial charge in [-0.1, -0.05) is 39.0 Å². The van der Waals surface area contributed by atoms with E-state index in [1.54, 1.807) is 11.3 Å². The monoisotopic (exact) mass is 302 g/mol. The maximum absolute atomic E-state index is 12.2. The minimum Gasteiger partial charge on any atom is -0.485 e. The third-order valence-electron chi connectivity index (χ3n) is 3.71. The van der Waals surface area contributed by atoms with Crippen molar-refractivity contribution in [3.63, 3.8) is 0 Å². The standard InChI is InChI=1S/C18H22O2S/c1-4-13(3)15-8-6-7-9-17(15)20-12-16(19)18-11-10-14(5-2)21-18/h6-11,13H,4-5,12H2,1-3H3. The molecule has 1 unspecified atom stereocenters. The smallest absolute Gasteiger partial charge is 0.210 e. The second-order valence-electron chi connectivity index (χ2n) is 5.18. The maximum Gasteiger partial charge on any atom is 0.210 e. The summed E-state index contributed by atoms with van der Waals surface area (Å²) < 4.78 is 5.78. The number of hydrogen-bond donors (Lipinski definition) is 0. The number of ether oxygens (including phenoxy) is 1. The minimum absolute atomic E-state index is 0.0543. The van der Waals surface area contributed by atoms with Crippen molar-refractivity contribution < 1.29 is 9.53 Å². The number of aryl methyl sites for hydroxylation is 1. The molecule has 0 N–H and O–H groups in total. The van der Waals surface area contributed by atoms with E-state index < -0.39 is 0 Å². The van der Waals surface area contributed by atoms with Crippen LogP contribution in [0.1, 0.15) is 53.2 Å². The van der Waals surface area contributed by atoms with Gasteiger partial charge in [-0.15, -0.1) is 11.3 Å². The normalized spacial score (nSPS) is 12.1. The van der Waals surface area contributed by atoms with Crippen LogP contribution in [0.15, 0.2) is 36.4 Å². The molecule has 3 heteroatoms. The Morgan fingerprint density at radius 1 is 1.19 bits per heavy atom. The quantitative estimate of drug-likeness (QED) is 0.666. The van der Waals surface area contributed by atoms with Gasteiger partial charge in [0.15, 0.2) is 6.61 Å². The van der Waals surface area contributed by atoms with Gasteiger partial charge in [0.05, 0.1) is 4.88 Å². The van der Waals surface area contributed by atoms with Gasteiger partial charge in [-0.3, -0.25) is 4.79 Å². The first kappa shape index (κ1) is 15.8. The highest BCUT2D eigenvalue weighted by atomic mass is 32.1. The van der Waals surface area contributed by atoms with E-state index in [-0.39, 0.29) is 12.4 Å². The van der Waals surface area contributed by atoms with Crippen molar-refractivity contribution in [1.29, 1.82) is 0 Å². The molecule has 0 saturated heterocycles. The Bertz CT molecular complexity index is 601. The lowest BCUT2D eigenvalue weighted by Crippen LogP contribution is -2.11. The van der Waals surface area contributed by atoms with E-state index in [2.05, 4.69) is 26.8 Å². The van der Waals surface area contributed by atoms with Crippen LogP contribution in [0.25, 0.3) is 0 Å². The predicted molar refractivity (Wildman–Crippen MR) is 88.7 cm³/mol. The number of thiophene rings is 1. The van der Waals surface area contributed by atoms with Crippen LogP contribution >= 0.6 is 11.3 Å². The predicted octanol–water partition coefficient (Wildman–Crippen LogP) is 5.09. The van der Waals surface area contributed by atoms with Gasteiger partial charge >= 0.3 is 0 Å². The van der Waals surface area contributed by atoms with Gasteiger partial charge in [0.1, 0.15) is 5.75 Å². The van der Waals surface area contributed by atoms with Crippen molar-refractivity contribution >= 4 is 17.1 Å². The molecule has 0 saturated carbocycles. The summed E-state index contributed by atoms with van der Waals surface area (Å²) in [6, 6.07) is 11.9.